The summed E-state index contributed by atoms with van der Waals surface area (Å²) in [4.78, 5) is 0. The van der Waals surface area contributed by atoms with E-state index in [4.69, 9.17) is 4.74 Å². The van der Waals surface area contributed by atoms with Crippen molar-refractivity contribution < 1.29 is 61.2 Å². The largest absolute Gasteiger partial charge is 0.487 e. The first-order valence-corrected chi connectivity index (χ1v) is 9.59. The molecule has 0 aliphatic heterocycles. The predicted octanol–water partition coefficient (Wildman–Crippen LogP) is 5.41. The predicted molar refractivity (Wildman–Crippen MR) is 83.7 cm³/mol. The molecule has 1 unspecified atom stereocenters. The normalized spacial score (nSPS) is 19.0. The Hall–Kier alpha value is -2.19. The summed E-state index contributed by atoms with van der Waals surface area (Å²) in [6, 6.07) is 5.10. The minimum Gasteiger partial charge on any atom is -0.487 e. The molecule has 0 amide bonds. The summed E-state index contributed by atoms with van der Waals surface area (Å²) in [7, 11) is -6.98. The van der Waals surface area contributed by atoms with Gasteiger partial charge in [0.25, 0.3) is 0 Å². The molecule has 0 N–H and O–H groups in total. The quantitative estimate of drug-likeness (QED) is 0.379. The van der Waals surface area contributed by atoms with E-state index >= 15 is 0 Å². The van der Waals surface area contributed by atoms with Crippen LogP contribution in [-0.2, 0) is 14.3 Å². The van der Waals surface area contributed by atoms with Crippen LogP contribution in [0, 0.1) is 5.82 Å². The maximum Gasteiger partial charge on any atom is 0.460 e. The molecule has 0 radical (unpaired) electrons. The lowest BCUT2D eigenvalue weighted by molar-refractivity contribution is -0.382. The fourth-order valence-corrected chi connectivity index (χ4v) is 3.38. The van der Waals surface area contributed by atoms with E-state index in [1.165, 1.54) is 18.2 Å². The van der Waals surface area contributed by atoms with Gasteiger partial charge in [-0.05, 0) is 24.6 Å². The van der Waals surface area contributed by atoms with E-state index in [9.17, 15) is 52.3 Å². The highest BCUT2D eigenvalue weighted by Gasteiger charge is 2.86. The van der Waals surface area contributed by atoms with E-state index in [0.717, 1.165) is 12.1 Å². The number of allylic oxidation sites excluding steroid dienone is 1. The third-order valence-corrected chi connectivity index (χ3v) is 5.42. The molecule has 176 valence electrons. The van der Waals surface area contributed by atoms with Gasteiger partial charge in [0.1, 0.15) is 11.9 Å². The maximum atomic E-state index is 13.6. The van der Waals surface area contributed by atoms with Crippen LogP contribution in [0.3, 0.4) is 0 Å². The lowest BCUT2D eigenvalue weighted by Gasteiger charge is -2.33. The van der Waals surface area contributed by atoms with Gasteiger partial charge in [0.05, 0.1) is 0 Å². The van der Waals surface area contributed by atoms with Gasteiger partial charge in [-0.3, -0.25) is 0 Å². The fourth-order valence-electron chi connectivity index (χ4n) is 2.40. The molecule has 0 saturated heterocycles. The van der Waals surface area contributed by atoms with Crippen LogP contribution < -0.4 is 4.74 Å². The molecule has 0 heterocycles. The second-order valence-electron chi connectivity index (χ2n) is 6.32. The van der Waals surface area contributed by atoms with Crippen molar-refractivity contribution in [1.29, 1.82) is 0 Å². The maximum absolute atomic E-state index is 13.6. The van der Waals surface area contributed by atoms with Crippen molar-refractivity contribution in [3.8, 4) is 5.75 Å². The molecular weight excluding hydrogens is 478 g/mol. The molecule has 0 fully saturated rings. The standard InChI is InChI=1S/C16H12F10O4S/c17-11-3-1-2-4-12(11)29-9-5-7-10(8-6-9)30-31(27,28)16(25,26)14(20,21)13(18,19)15(22,23)24/h1-4,7,9H,5-6,8H2. The molecule has 1 atom stereocenters. The van der Waals surface area contributed by atoms with Crippen LogP contribution >= 0.6 is 0 Å². The molecular formula is C16H12F10O4S. The smallest absolute Gasteiger partial charge is 0.460 e. The van der Waals surface area contributed by atoms with Crippen molar-refractivity contribution in [3.63, 3.8) is 0 Å². The van der Waals surface area contributed by atoms with Crippen molar-refractivity contribution in [2.24, 2.45) is 0 Å². The summed E-state index contributed by atoms with van der Waals surface area (Å²) in [6.07, 6.45) is -8.27. The second-order valence-corrected chi connectivity index (χ2v) is 7.90. The van der Waals surface area contributed by atoms with Gasteiger partial charge in [-0.1, -0.05) is 12.1 Å². The zero-order valence-corrected chi connectivity index (χ0v) is 15.7. The van der Waals surface area contributed by atoms with Gasteiger partial charge >= 0.3 is 33.4 Å². The summed E-state index contributed by atoms with van der Waals surface area (Å²) in [5.74, 6) is -16.6. The molecule has 2 rings (SSSR count). The molecule has 0 bridgehead atoms. The average molecular weight is 490 g/mol. The summed E-state index contributed by atoms with van der Waals surface area (Å²) < 4.78 is 161. The van der Waals surface area contributed by atoms with Gasteiger partial charge in [0.15, 0.2) is 11.6 Å². The van der Waals surface area contributed by atoms with Gasteiger partial charge in [-0.15, -0.1) is 0 Å². The molecule has 0 spiro atoms. The van der Waals surface area contributed by atoms with E-state index in [2.05, 4.69) is 4.18 Å². The monoisotopic (exact) mass is 490 g/mol. The summed E-state index contributed by atoms with van der Waals surface area (Å²) in [5.41, 5.74) is 0. The van der Waals surface area contributed by atoms with Crippen LogP contribution in [0.15, 0.2) is 36.1 Å². The Balaban J connectivity index is 2.16. The van der Waals surface area contributed by atoms with Crippen LogP contribution in [0.4, 0.5) is 43.9 Å². The van der Waals surface area contributed by atoms with Crippen LogP contribution in [0.5, 0.6) is 5.75 Å². The van der Waals surface area contributed by atoms with Gasteiger partial charge < -0.3 is 8.92 Å². The molecule has 0 saturated carbocycles. The number of ether oxygens (including phenoxy) is 1. The Labute approximate surface area is 168 Å². The summed E-state index contributed by atoms with van der Waals surface area (Å²) >= 11 is 0. The third-order valence-electron chi connectivity index (χ3n) is 4.10. The zero-order chi connectivity index (χ0) is 23.9. The van der Waals surface area contributed by atoms with Crippen LogP contribution in [0.1, 0.15) is 19.3 Å². The first kappa shape index (κ1) is 25.1. The number of alkyl halides is 9. The fraction of sp³-hybridized carbons (Fsp3) is 0.500. The van der Waals surface area contributed by atoms with Gasteiger partial charge in [-0.25, -0.2) is 4.39 Å². The number of halogens is 10. The summed E-state index contributed by atoms with van der Waals surface area (Å²) in [6.45, 7) is 0. The minimum atomic E-state index is -7.38. The number of hydrogen-bond acceptors (Lipinski definition) is 4. The highest BCUT2D eigenvalue weighted by molar-refractivity contribution is 7.88. The molecule has 1 aromatic carbocycles. The van der Waals surface area contributed by atoms with Crippen LogP contribution in [0.2, 0.25) is 0 Å². The number of benzene rings is 1. The number of hydrogen-bond donors (Lipinski definition) is 0. The molecule has 1 aliphatic rings. The van der Waals surface area contributed by atoms with Crippen molar-refractivity contribution in [3.05, 3.63) is 41.9 Å². The SMILES string of the molecule is O=S(=O)(OC1=CCC(Oc2ccccc2F)CC1)C(F)(F)C(F)(F)C(F)(F)C(F)(F)F. The number of rotatable bonds is 7. The molecule has 1 aliphatic carbocycles. The van der Waals surface area contributed by atoms with E-state index < -0.39 is 57.5 Å². The highest BCUT2D eigenvalue weighted by Crippen LogP contribution is 2.55. The first-order valence-electron chi connectivity index (χ1n) is 8.18. The Kier molecular flexibility index (Phi) is 6.52. The minimum absolute atomic E-state index is 0.196. The highest BCUT2D eigenvalue weighted by atomic mass is 32.2. The Morgan fingerprint density at radius 1 is 0.903 bits per heavy atom. The molecule has 1 aromatic rings. The topological polar surface area (TPSA) is 52.6 Å². The third kappa shape index (κ3) is 4.55. The number of para-hydroxylation sites is 1. The van der Waals surface area contributed by atoms with Crippen molar-refractivity contribution in [2.75, 3.05) is 0 Å². The van der Waals surface area contributed by atoms with Gasteiger partial charge in [0, 0.05) is 12.8 Å². The van der Waals surface area contributed by atoms with Crippen molar-refractivity contribution >= 4 is 10.1 Å². The lowest BCUT2D eigenvalue weighted by atomic mass is 10.0. The van der Waals surface area contributed by atoms with Crippen molar-refractivity contribution in [1.82, 2.24) is 0 Å². The van der Waals surface area contributed by atoms with E-state index in [1.807, 2.05) is 0 Å². The molecule has 0 aromatic heterocycles. The van der Waals surface area contributed by atoms with Gasteiger partial charge in [0.2, 0.25) is 0 Å². The summed E-state index contributed by atoms with van der Waals surface area (Å²) in [5, 5.41) is -6.93. The van der Waals surface area contributed by atoms with E-state index in [-0.39, 0.29) is 18.6 Å². The van der Waals surface area contributed by atoms with Crippen LogP contribution in [0.25, 0.3) is 0 Å². The van der Waals surface area contributed by atoms with Gasteiger partial charge in [-0.2, -0.15) is 47.9 Å². The Bertz CT molecular complexity index is 940. The second kappa shape index (κ2) is 8.06. The Morgan fingerprint density at radius 3 is 1.97 bits per heavy atom. The van der Waals surface area contributed by atoms with Crippen molar-refractivity contribution in [2.45, 2.75) is 48.6 Å². The molecule has 15 heteroatoms. The zero-order valence-electron chi connectivity index (χ0n) is 14.9. The van der Waals surface area contributed by atoms with Crippen LogP contribution in [-0.4, -0.2) is 37.8 Å². The molecule has 4 nitrogen and oxygen atoms in total. The van der Waals surface area contributed by atoms with E-state index in [0.29, 0.717) is 0 Å². The lowest BCUT2D eigenvalue weighted by Crippen LogP contribution is -2.63. The first-order chi connectivity index (χ1) is 13.9. The molecule has 31 heavy (non-hydrogen) atoms. The van der Waals surface area contributed by atoms with E-state index in [1.54, 1.807) is 0 Å². The average Bonchev–Trinajstić information content (AvgIpc) is 2.63. The Morgan fingerprint density at radius 2 is 1.48 bits per heavy atom.